The minimum atomic E-state index is 0.209. The molecule has 0 radical (unpaired) electrons. The number of rotatable bonds is 5. The fourth-order valence-electron chi connectivity index (χ4n) is 3.52. The quantitative estimate of drug-likeness (QED) is 0.811. The molecule has 0 bridgehead atoms. The summed E-state index contributed by atoms with van der Waals surface area (Å²) in [6, 6.07) is 8.64. The Bertz CT molecular complexity index is 732. The van der Waals surface area contributed by atoms with Gasteiger partial charge in [-0.25, -0.2) is 4.98 Å². The summed E-state index contributed by atoms with van der Waals surface area (Å²) in [5.41, 5.74) is 3.33. The third-order valence-electron chi connectivity index (χ3n) is 5.05. The lowest BCUT2D eigenvalue weighted by atomic mass is 10.1. The topological polar surface area (TPSA) is 45.7 Å². The zero-order valence-corrected chi connectivity index (χ0v) is 15.8. The van der Waals surface area contributed by atoms with Gasteiger partial charge in [0.2, 0.25) is 5.91 Å². The maximum atomic E-state index is 12.3. The first-order chi connectivity index (χ1) is 12.8. The zero-order chi connectivity index (χ0) is 17.8. The molecule has 4 rings (SSSR count). The summed E-state index contributed by atoms with van der Waals surface area (Å²) in [7, 11) is 0. The molecule has 0 spiro atoms. The molecule has 2 aliphatic rings. The van der Waals surface area contributed by atoms with Crippen LogP contribution in [0.15, 0.2) is 29.6 Å². The Kier molecular flexibility index (Phi) is 5.62. The lowest BCUT2D eigenvalue weighted by Crippen LogP contribution is -2.35. The molecule has 0 N–H and O–H groups in total. The van der Waals surface area contributed by atoms with E-state index >= 15 is 0 Å². The van der Waals surface area contributed by atoms with Gasteiger partial charge in [-0.15, -0.1) is 11.3 Å². The maximum absolute atomic E-state index is 12.3. The molecule has 26 heavy (non-hydrogen) atoms. The van der Waals surface area contributed by atoms with Crippen LogP contribution in [0.2, 0.25) is 0 Å². The van der Waals surface area contributed by atoms with Gasteiger partial charge >= 0.3 is 0 Å². The number of benzene rings is 1. The molecule has 0 saturated carbocycles. The molecule has 2 aromatic rings. The van der Waals surface area contributed by atoms with Crippen molar-refractivity contribution in [2.24, 2.45) is 0 Å². The van der Waals surface area contributed by atoms with Gasteiger partial charge in [-0.3, -0.25) is 9.69 Å². The van der Waals surface area contributed by atoms with Crippen molar-refractivity contribution in [2.45, 2.75) is 25.8 Å². The van der Waals surface area contributed by atoms with Gasteiger partial charge in [-0.1, -0.05) is 24.3 Å². The predicted molar refractivity (Wildman–Crippen MR) is 103 cm³/mol. The molecule has 0 aliphatic carbocycles. The number of morpholine rings is 1. The van der Waals surface area contributed by atoms with Crippen molar-refractivity contribution in [3.63, 3.8) is 0 Å². The van der Waals surface area contributed by atoms with Gasteiger partial charge in [0.05, 0.1) is 25.3 Å². The number of amides is 1. The molecule has 1 aromatic heterocycles. The number of hydrogen-bond acceptors (Lipinski definition) is 5. The van der Waals surface area contributed by atoms with E-state index in [0.29, 0.717) is 6.42 Å². The molecule has 2 aliphatic heterocycles. The highest BCUT2D eigenvalue weighted by molar-refractivity contribution is 7.13. The Balaban J connectivity index is 1.36. The molecule has 3 heterocycles. The van der Waals surface area contributed by atoms with Crippen molar-refractivity contribution < 1.29 is 9.53 Å². The largest absolute Gasteiger partial charge is 0.379 e. The summed E-state index contributed by atoms with van der Waals surface area (Å²) in [5, 5.41) is 3.01. The molecule has 2 fully saturated rings. The van der Waals surface area contributed by atoms with Crippen molar-refractivity contribution in [3.8, 4) is 10.6 Å². The van der Waals surface area contributed by atoms with Crippen LogP contribution in [0.1, 0.15) is 24.1 Å². The molecule has 5 nitrogen and oxygen atoms in total. The Morgan fingerprint density at radius 3 is 2.54 bits per heavy atom. The zero-order valence-electron chi connectivity index (χ0n) is 15.0. The summed E-state index contributed by atoms with van der Waals surface area (Å²) in [6.45, 7) is 6.44. The smallest absolute Gasteiger partial charge is 0.228 e. The second kappa shape index (κ2) is 8.29. The lowest BCUT2D eigenvalue weighted by molar-refractivity contribution is -0.129. The number of ether oxygens (including phenoxy) is 1. The van der Waals surface area contributed by atoms with Crippen LogP contribution in [-0.2, 0) is 22.5 Å². The SMILES string of the molecule is O=C(Cc1csc(-c2ccc(CN3CCOCC3)cc2)n1)N1CCCC1. The predicted octanol–water partition coefficient (Wildman–Crippen LogP) is 2.81. The van der Waals surface area contributed by atoms with Gasteiger partial charge in [0.25, 0.3) is 0 Å². The van der Waals surface area contributed by atoms with E-state index in [4.69, 9.17) is 4.74 Å². The fourth-order valence-corrected chi connectivity index (χ4v) is 4.35. The first-order valence-electron chi connectivity index (χ1n) is 9.39. The summed E-state index contributed by atoms with van der Waals surface area (Å²) in [5.74, 6) is 0.209. The Morgan fingerprint density at radius 2 is 1.81 bits per heavy atom. The summed E-state index contributed by atoms with van der Waals surface area (Å²) in [6.07, 6.45) is 2.68. The van der Waals surface area contributed by atoms with Crippen molar-refractivity contribution >= 4 is 17.2 Å². The monoisotopic (exact) mass is 371 g/mol. The van der Waals surface area contributed by atoms with E-state index in [9.17, 15) is 4.79 Å². The number of carbonyl (C=O) groups excluding carboxylic acids is 1. The second-order valence-corrected chi connectivity index (χ2v) is 7.85. The summed E-state index contributed by atoms with van der Waals surface area (Å²) in [4.78, 5) is 21.3. The van der Waals surface area contributed by atoms with Crippen LogP contribution >= 0.6 is 11.3 Å². The average molecular weight is 372 g/mol. The number of nitrogens with zero attached hydrogens (tertiary/aromatic N) is 3. The number of carbonyl (C=O) groups is 1. The number of hydrogen-bond donors (Lipinski definition) is 0. The van der Waals surface area contributed by atoms with Gasteiger partial charge in [0.15, 0.2) is 0 Å². The molecular formula is C20H25N3O2S. The van der Waals surface area contributed by atoms with Crippen molar-refractivity contribution in [3.05, 3.63) is 40.9 Å². The van der Waals surface area contributed by atoms with E-state index in [1.807, 2.05) is 10.3 Å². The van der Waals surface area contributed by atoms with E-state index < -0.39 is 0 Å². The molecule has 138 valence electrons. The van der Waals surface area contributed by atoms with Crippen molar-refractivity contribution in [1.82, 2.24) is 14.8 Å². The first-order valence-corrected chi connectivity index (χ1v) is 10.3. The Hall–Kier alpha value is -1.76. The Labute approximate surface area is 158 Å². The van der Waals surface area contributed by atoms with Crippen LogP contribution in [0.5, 0.6) is 0 Å². The summed E-state index contributed by atoms with van der Waals surface area (Å²) < 4.78 is 5.40. The van der Waals surface area contributed by atoms with E-state index in [-0.39, 0.29) is 5.91 Å². The number of thiazole rings is 1. The van der Waals surface area contributed by atoms with E-state index in [0.717, 1.165) is 75.0 Å². The van der Waals surface area contributed by atoms with Gasteiger partial charge < -0.3 is 9.64 Å². The van der Waals surface area contributed by atoms with Gasteiger partial charge in [-0.2, -0.15) is 0 Å². The van der Waals surface area contributed by atoms with Gasteiger partial charge in [-0.05, 0) is 18.4 Å². The van der Waals surface area contributed by atoms with E-state index in [1.165, 1.54) is 5.56 Å². The van der Waals surface area contributed by atoms with Crippen molar-refractivity contribution in [1.29, 1.82) is 0 Å². The molecule has 0 unspecified atom stereocenters. The lowest BCUT2D eigenvalue weighted by Gasteiger charge is -2.26. The Morgan fingerprint density at radius 1 is 1.08 bits per heavy atom. The van der Waals surface area contributed by atoms with Crippen LogP contribution in [0, 0.1) is 0 Å². The fraction of sp³-hybridized carbons (Fsp3) is 0.500. The van der Waals surface area contributed by atoms with Gasteiger partial charge in [0, 0.05) is 43.7 Å². The third kappa shape index (κ3) is 4.31. The molecule has 2 saturated heterocycles. The standard InChI is InChI=1S/C20H25N3O2S/c24-19(23-7-1-2-8-23)13-18-15-26-20(21-18)17-5-3-16(4-6-17)14-22-9-11-25-12-10-22/h3-6,15H,1-2,7-14H2. The first kappa shape index (κ1) is 17.6. The minimum Gasteiger partial charge on any atom is -0.379 e. The summed E-state index contributed by atoms with van der Waals surface area (Å²) >= 11 is 1.62. The molecule has 1 amide bonds. The molecule has 0 atom stereocenters. The molecule has 6 heteroatoms. The van der Waals surface area contributed by atoms with Crippen molar-refractivity contribution in [2.75, 3.05) is 39.4 Å². The van der Waals surface area contributed by atoms with Crippen LogP contribution in [0.25, 0.3) is 10.6 Å². The molecular weight excluding hydrogens is 346 g/mol. The van der Waals surface area contributed by atoms with Crippen LogP contribution < -0.4 is 0 Å². The normalized spacial score (nSPS) is 18.4. The van der Waals surface area contributed by atoms with E-state index in [2.05, 4.69) is 34.1 Å². The van der Waals surface area contributed by atoms with Crippen LogP contribution in [0.3, 0.4) is 0 Å². The highest BCUT2D eigenvalue weighted by atomic mass is 32.1. The van der Waals surface area contributed by atoms with Crippen LogP contribution in [-0.4, -0.2) is 60.1 Å². The molecule has 1 aromatic carbocycles. The highest BCUT2D eigenvalue weighted by Crippen LogP contribution is 2.25. The highest BCUT2D eigenvalue weighted by Gasteiger charge is 2.19. The van der Waals surface area contributed by atoms with E-state index in [1.54, 1.807) is 11.3 Å². The maximum Gasteiger partial charge on any atom is 0.228 e. The third-order valence-corrected chi connectivity index (χ3v) is 5.99. The van der Waals surface area contributed by atoms with Gasteiger partial charge in [0.1, 0.15) is 5.01 Å². The van der Waals surface area contributed by atoms with Crippen LogP contribution in [0.4, 0.5) is 0 Å². The average Bonchev–Trinajstić information content (AvgIpc) is 3.35. The minimum absolute atomic E-state index is 0.209. The number of likely N-dealkylation sites (tertiary alicyclic amines) is 1. The number of aromatic nitrogens is 1. The second-order valence-electron chi connectivity index (χ2n) is 6.99.